The fourth-order valence-electron chi connectivity index (χ4n) is 4.85. The Hall–Kier alpha value is -3.32. The van der Waals surface area contributed by atoms with Crippen molar-refractivity contribution in [1.29, 1.82) is 0 Å². The molecule has 1 amide bonds. The highest BCUT2D eigenvalue weighted by Gasteiger charge is 2.32. The van der Waals surface area contributed by atoms with Crippen LogP contribution < -0.4 is 10.2 Å². The van der Waals surface area contributed by atoms with Gasteiger partial charge in [0, 0.05) is 44.5 Å². The molecule has 0 spiro atoms. The summed E-state index contributed by atoms with van der Waals surface area (Å²) in [5.41, 5.74) is 4.65. The number of nitrogens with zero attached hydrogens (tertiary/aromatic N) is 4. The minimum atomic E-state index is 0.0406. The fraction of sp³-hybridized carbons (Fsp3) is 0.385. The molecule has 7 nitrogen and oxygen atoms in total. The van der Waals surface area contributed by atoms with E-state index in [0.29, 0.717) is 12.4 Å². The van der Waals surface area contributed by atoms with Crippen LogP contribution in [0, 0.1) is 6.92 Å². The second-order valence-corrected chi connectivity index (χ2v) is 9.07. The summed E-state index contributed by atoms with van der Waals surface area (Å²) in [5.74, 6) is 0.697. The molecule has 1 atom stereocenters. The van der Waals surface area contributed by atoms with Crippen LogP contribution >= 0.6 is 0 Å². The Morgan fingerprint density at radius 2 is 1.82 bits per heavy atom. The zero-order chi connectivity index (χ0) is 22.8. The SMILES string of the molecule is Cc1cc(Nc2ccc(C(=O)N3CCN(C)CC3c3ccccc3)c(N3CCCC3)c2)on1. The topological polar surface area (TPSA) is 64.9 Å². The first-order valence-electron chi connectivity index (χ1n) is 11.7. The molecule has 0 aliphatic carbocycles. The van der Waals surface area contributed by atoms with Gasteiger partial charge >= 0.3 is 0 Å². The summed E-state index contributed by atoms with van der Waals surface area (Å²) in [6, 6.07) is 18.3. The summed E-state index contributed by atoms with van der Waals surface area (Å²) >= 11 is 0. The van der Waals surface area contributed by atoms with Crippen molar-refractivity contribution in [1.82, 2.24) is 15.0 Å². The number of rotatable bonds is 5. The minimum Gasteiger partial charge on any atom is -0.371 e. The first-order chi connectivity index (χ1) is 16.1. The van der Waals surface area contributed by atoms with Gasteiger partial charge in [-0.05, 0) is 50.6 Å². The molecule has 5 rings (SSSR count). The van der Waals surface area contributed by atoms with Crippen molar-refractivity contribution in [2.75, 3.05) is 50.0 Å². The minimum absolute atomic E-state index is 0.0406. The lowest BCUT2D eigenvalue weighted by atomic mass is 10.0. The van der Waals surface area contributed by atoms with E-state index in [2.05, 4.69) is 50.4 Å². The van der Waals surface area contributed by atoms with E-state index in [4.69, 9.17) is 4.52 Å². The smallest absolute Gasteiger partial charge is 0.256 e. The van der Waals surface area contributed by atoms with E-state index < -0.39 is 0 Å². The second-order valence-electron chi connectivity index (χ2n) is 9.07. The number of hydrogen-bond acceptors (Lipinski definition) is 6. The lowest BCUT2D eigenvalue weighted by molar-refractivity contribution is 0.0498. The number of benzene rings is 2. The molecule has 2 aromatic carbocycles. The Bertz CT molecular complexity index is 1110. The molecule has 0 saturated carbocycles. The van der Waals surface area contributed by atoms with Gasteiger partial charge in [-0.1, -0.05) is 35.5 Å². The van der Waals surface area contributed by atoms with E-state index in [1.165, 1.54) is 5.56 Å². The quantitative estimate of drug-likeness (QED) is 0.626. The normalized spacial score (nSPS) is 19.2. The highest BCUT2D eigenvalue weighted by atomic mass is 16.5. The standard InChI is InChI=1S/C26H31N5O2/c1-19-16-25(33-28-19)27-21-10-11-22(23(17-21)30-12-6-7-13-30)26(32)31-15-14-29(2)18-24(31)20-8-4-3-5-9-20/h3-5,8-11,16-17,24,27H,6-7,12-15,18H2,1-2H3. The number of aryl methyl sites for hydroxylation is 1. The molecule has 2 aliphatic rings. The van der Waals surface area contributed by atoms with Gasteiger partial charge in [-0.15, -0.1) is 0 Å². The first-order valence-corrected chi connectivity index (χ1v) is 11.7. The number of aromatic nitrogens is 1. The van der Waals surface area contributed by atoms with Crippen molar-refractivity contribution in [2.24, 2.45) is 0 Å². The van der Waals surface area contributed by atoms with Crippen molar-refractivity contribution in [3.8, 4) is 0 Å². The molecule has 3 heterocycles. The third kappa shape index (κ3) is 4.59. The average molecular weight is 446 g/mol. The van der Waals surface area contributed by atoms with Gasteiger partial charge in [-0.2, -0.15) is 0 Å². The van der Waals surface area contributed by atoms with Gasteiger partial charge in [0.05, 0.1) is 23.0 Å². The predicted molar refractivity (Wildman–Crippen MR) is 130 cm³/mol. The average Bonchev–Trinajstić information content (AvgIpc) is 3.51. The summed E-state index contributed by atoms with van der Waals surface area (Å²) in [6.07, 6.45) is 2.29. The van der Waals surface area contributed by atoms with Crippen molar-refractivity contribution >= 4 is 23.2 Å². The molecular weight excluding hydrogens is 414 g/mol. The van der Waals surface area contributed by atoms with Crippen molar-refractivity contribution in [2.45, 2.75) is 25.8 Å². The third-order valence-corrected chi connectivity index (χ3v) is 6.60. The van der Waals surface area contributed by atoms with E-state index in [1.54, 1.807) is 0 Å². The van der Waals surface area contributed by atoms with Gasteiger partial charge < -0.3 is 24.5 Å². The summed E-state index contributed by atoms with van der Waals surface area (Å²) in [6.45, 7) is 6.25. The van der Waals surface area contributed by atoms with Crippen LogP contribution in [0.5, 0.6) is 0 Å². The fourth-order valence-corrected chi connectivity index (χ4v) is 4.85. The van der Waals surface area contributed by atoms with E-state index in [-0.39, 0.29) is 11.9 Å². The molecule has 0 radical (unpaired) electrons. The Balaban J connectivity index is 1.48. The number of hydrogen-bond donors (Lipinski definition) is 1. The zero-order valence-electron chi connectivity index (χ0n) is 19.3. The second kappa shape index (κ2) is 9.27. The van der Waals surface area contributed by atoms with Crippen LogP contribution in [0.3, 0.4) is 0 Å². The summed E-state index contributed by atoms with van der Waals surface area (Å²) in [4.78, 5) is 20.7. The van der Waals surface area contributed by atoms with Gasteiger partial charge in [0.25, 0.3) is 5.91 Å². The Kier molecular flexibility index (Phi) is 6.05. The highest BCUT2D eigenvalue weighted by Crippen LogP contribution is 2.33. The molecule has 3 aromatic rings. The third-order valence-electron chi connectivity index (χ3n) is 6.60. The number of anilines is 3. The molecular formula is C26H31N5O2. The molecule has 2 fully saturated rings. The summed E-state index contributed by atoms with van der Waals surface area (Å²) < 4.78 is 5.33. The number of nitrogens with one attached hydrogen (secondary N) is 1. The maximum absolute atomic E-state index is 14.0. The van der Waals surface area contributed by atoms with Gasteiger partial charge in [-0.3, -0.25) is 4.79 Å². The van der Waals surface area contributed by atoms with Crippen LogP contribution in [0.1, 0.15) is 40.5 Å². The number of likely N-dealkylation sites (N-methyl/N-ethyl adjacent to an activating group) is 1. The summed E-state index contributed by atoms with van der Waals surface area (Å²) in [5, 5.41) is 7.24. The van der Waals surface area contributed by atoms with E-state index >= 15 is 0 Å². The molecule has 2 aliphatic heterocycles. The number of piperazine rings is 1. The highest BCUT2D eigenvalue weighted by molar-refractivity contribution is 6.01. The lowest BCUT2D eigenvalue weighted by Crippen LogP contribution is -2.49. The maximum Gasteiger partial charge on any atom is 0.256 e. The Morgan fingerprint density at radius 1 is 1.03 bits per heavy atom. The molecule has 172 valence electrons. The maximum atomic E-state index is 14.0. The molecule has 2 saturated heterocycles. The van der Waals surface area contributed by atoms with Crippen LogP contribution in [0.15, 0.2) is 59.1 Å². The molecule has 7 heteroatoms. The summed E-state index contributed by atoms with van der Waals surface area (Å²) in [7, 11) is 2.12. The van der Waals surface area contributed by atoms with Crippen LogP contribution in [0.4, 0.5) is 17.3 Å². The van der Waals surface area contributed by atoms with Crippen molar-refractivity contribution < 1.29 is 9.32 Å². The lowest BCUT2D eigenvalue weighted by Gasteiger charge is -2.41. The molecule has 1 unspecified atom stereocenters. The van der Waals surface area contributed by atoms with Crippen molar-refractivity contribution in [3.63, 3.8) is 0 Å². The largest absolute Gasteiger partial charge is 0.371 e. The van der Waals surface area contributed by atoms with Gasteiger partial charge in [0.2, 0.25) is 5.88 Å². The predicted octanol–water partition coefficient (Wildman–Crippen LogP) is 4.46. The molecule has 1 aromatic heterocycles. The molecule has 0 bridgehead atoms. The molecule has 33 heavy (non-hydrogen) atoms. The van der Waals surface area contributed by atoms with Crippen LogP contribution in [-0.4, -0.2) is 60.6 Å². The Morgan fingerprint density at radius 3 is 2.55 bits per heavy atom. The monoisotopic (exact) mass is 445 g/mol. The van der Waals surface area contributed by atoms with E-state index in [1.807, 2.05) is 43.3 Å². The van der Waals surface area contributed by atoms with Crippen LogP contribution in [0.2, 0.25) is 0 Å². The van der Waals surface area contributed by atoms with Crippen molar-refractivity contribution in [3.05, 3.63) is 71.4 Å². The van der Waals surface area contributed by atoms with Gasteiger partial charge in [0.15, 0.2) is 0 Å². The van der Waals surface area contributed by atoms with Gasteiger partial charge in [-0.25, -0.2) is 0 Å². The number of carbonyl (C=O) groups is 1. The first kappa shape index (κ1) is 21.5. The number of amides is 1. The Labute approximate surface area is 195 Å². The number of carbonyl (C=O) groups excluding carboxylic acids is 1. The van der Waals surface area contributed by atoms with Crippen LogP contribution in [0.25, 0.3) is 0 Å². The van der Waals surface area contributed by atoms with Crippen LogP contribution in [-0.2, 0) is 0 Å². The van der Waals surface area contributed by atoms with E-state index in [9.17, 15) is 4.79 Å². The zero-order valence-corrected chi connectivity index (χ0v) is 19.3. The van der Waals surface area contributed by atoms with E-state index in [0.717, 1.165) is 61.7 Å². The van der Waals surface area contributed by atoms with Gasteiger partial charge in [0.1, 0.15) is 0 Å². The molecule has 1 N–H and O–H groups in total.